The number of nitrogens with zero attached hydrogens (tertiary/aromatic N) is 2. The van der Waals surface area contributed by atoms with Gasteiger partial charge in [-0.2, -0.15) is 13.2 Å². The Morgan fingerprint density at radius 3 is 2.38 bits per heavy atom. The zero-order valence-electron chi connectivity index (χ0n) is 21.5. The first-order valence-electron chi connectivity index (χ1n) is 12.3. The Morgan fingerprint density at radius 1 is 1.08 bits per heavy atom. The highest BCUT2D eigenvalue weighted by atomic mass is 19.4. The van der Waals surface area contributed by atoms with Gasteiger partial charge in [-0.1, -0.05) is 42.0 Å². The molecule has 0 bridgehead atoms. The lowest BCUT2D eigenvalue weighted by Crippen LogP contribution is -2.28. The Kier molecular flexibility index (Phi) is 8.35. The molecule has 0 saturated heterocycles. The van der Waals surface area contributed by atoms with Gasteiger partial charge in [0.1, 0.15) is 0 Å². The predicted molar refractivity (Wildman–Crippen MR) is 142 cm³/mol. The van der Waals surface area contributed by atoms with Crippen LogP contribution in [-0.4, -0.2) is 35.7 Å². The molecular formula is C29H28F3N3O4. The van der Waals surface area contributed by atoms with Gasteiger partial charge in [-0.3, -0.25) is 14.9 Å². The number of carbonyl (C=O) groups is 1. The zero-order chi connectivity index (χ0) is 28.2. The van der Waals surface area contributed by atoms with Crippen LogP contribution in [0, 0.1) is 17.0 Å². The summed E-state index contributed by atoms with van der Waals surface area (Å²) >= 11 is 0. The zero-order valence-corrected chi connectivity index (χ0v) is 21.5. The summed E-state index contributed by atoms with van der Waals surface area (Å²) in [5.41, 5.74) is 3.01. The molecule has 0 aliphatic carbocycles. The molecule has 1 aromatic heterocycles. The standard InChI is InChI=1S/C29H28F3N3O4/c1-19-3-5-20(6-4-19)17-34-18-26(25-15-23(35(37)38)11-12-27(25)34)24(16-28(36)33-13-14-39-2)21-7-9-22(10-8-21)29(30,31)32/h3-12,15,18,24H,13-14,16-17H2,1-2H3,(H,33,36)/t24-/m0/s1. The third-order valence-corrected chi connectivity index (χ3v) is 6.61. The van der Waals surface area contributed by atoms with Gasteiger partial charge in [-0.05, 0) is 41.8 Å². The summed E-state index contributed by atoms with van der Waals surface area (Å²) in [7, 11) is 1.51. The average molecular weight is 540 g/mol. The van der Waals surface area contributed by atoms with E-state index in [-0.39, 0.29) is 24.6 Å². The van der Waals surface area contributed by atoms with Crippen molar-refractivity contribution in [1.82, 2.24) is 9.88 Å². The van der Waals surface area contributed by atoms with Gasteiger partial charge in [0.05, 0.1) is 17.1 Å². The SMILES string of the molecule is COCCNC(=O)C[C@@H](c1ccc(C(F)(F)F)cc1)c1cn(Cc2ccc(C)cc2)c2ccc([N+](=O)[O-])cc12. The Hall–Kier alpha value is -4.18. The van der Waals surface area contributed by atoms with Gasteiger partial charge in [0, 0.05) is 61.8 Å². The molecule has 204 valence electrons. The third kappa shape index (κ3) is 6.64. The maximum Gasteiger partial charge on any atom is 0.416 e. The van der Waals surface area contributed by atoms with E-state index in [4.69, 9.17) is 4.74 Å². The molecule has 0 radical (unpaired) electrons. The number of ether oxygens (including phenoxy) is 1. The second kappa shape index (κ2) is 11.7. The highest BCUT2D eigenvalue weighted by molar-refractivity contribution is 5.88. The first-order valence-corrected chi connectivity index (χ1v) is 12.3. The number of aryl methyl sites for hydroxylation is 1. The molecule has 4 rings (SSSR count). The van der Waals surface area contributed by atoms with Gasteiger partial charge in [0.25, 0.3) is 5.69 Å². The lowest BCUT2D eigenvalue weighted by molar-refractivity contribution is -0.384. The molecule has 0 aliphatic heterocycles. The number of amides is 1. The van der Waals surface area contributed by atoms with E-state index in [1.807, 2.05) is 42.0 Å². The minimum Gasteiger partial charge on any atom is -0.383 e. The van der Waals surface area contributed by atoms with E-state index in [0.29, 0.717) is 35.2 Å². The van der Waals surface area contributed by atoms with Crippen molar-refractivity contribution < 1.29 is 27.6 Å². The average Bonchev–Trinajstić information content (AvgIpc) is 3.25. The van der Waals surface area contributed by atoms with Crippen LogP contribution < -0.4 is 5.32 Å². The smallest absolute Gasteiger partial charge is 0.383 e. The van der Waals surface area contributed by atoms with Crippen LogP contribution in [0.15, 0.2) is 72.9 Å². The number of carbonyl (C=O) groups excluding carboxylic acids is 1. The van der Waals surface area contributed by atoms with Crippen LogP contribution in [-0.2, 0) is 22.3 Å². The number of fused-ring (bicyclic) bond motifs is 1. The van der Waals surface area contributed by atoms with Crippen molar-refractivity contribution in [3.8, 4) is 0 Å². The minimum atomic E-state index is -4.50. The lowest BCUT2D eigenvalue weighted by atomic mass is 9.87. The molecule has 39 heavy (non-hydrogen) atoms. The van der Waals surface area contributed by atoms with E-state index in [2.05, 4.69) is 5.32 Å². The number of benzene rings is 3. The number of methoxy groups -OCH3 is 1. The summed E-state index contributed by atoms with van der Waals surface area (Å²) in [5.74, 6) is -0.972. The first-order chi connectivity index (χ1) is 18.6. The van der Waals surface area contributed by atoms with Gasteiger partial charge in [-0.15, -0.1) is 0 Å². The number of rotatable bonds is 10. The largest absolute Gasteiger partial charge is 0.416 e. The van der Waals surface area contributed by atoms with Gasteiger partial charge in [-0.25, -0.2) is 0 Å². The van der Waals surface area contributed by atoms with Crippen LogP contribution >= 0.6 is 0 Å². The van der Waals surface area contributed by atoms with E-state index in [9.17, 15) is 28.1 Å². The number of alkyl halides is 3. The van der Waals surface area contributed by atoms with Crippen LogP contribution in [0.5, 0.6) is 0 Å². The van der Waals surface area contributed by atoms with Crippen LogP contribution in [0.2, 0.25) is 0 Å². The highest BCUT2D eigenvalue weighted by Crippen LogP contribution is 2.38. The van der Waals surface area contributed by atoms with Crippen molar-refractivity contribution in [1.29, 1.82) is 0 Å². The maximum absolute atomic E-state index is 13.2. The number of hydrogen-bond acceptors (Lipinski definition) is 4. The summed E-state index contributed by atoms with van der Waals surface area (Å²) in [6.07, 6.45) is -2.74. The number of non-ortho nitro benzene ring substituents is 1. The molecule has 10 heteroatoms. The van der Waals surface area contributed by atoms with Gasteiger partial charge in [0.2, 0.25) is 5.91 Å². The monoisotopic (exact) mass is 539 g/mol. The predicted octanol–water partition coefficient (Wildman–Crippen LogP) is 6.21. The number of hydrogen-bond donors (Lipinski definition) is 1. The molecule has 1 amide bonds. The Balaban J connectivity index is 1.83. The van der Waals surface area contributed by atoms with Crippen molar-refractivity contribution in [2.24, 2.45) is 0 Å². The van der Waals surface area contributed by atoms with Gasteiger partial charge in [0.15, 0.2) is 0 Å². The van der Waals surface area contributed by atoms with Crippen molar-refractivity contribution in [2.45, 2.75) is 32.0 Å². The van der Waals surface area contributed by atoms with E-state index in [1.165, 1.54) is 31.4 Å². The van der Waals surface area contributed by atoms with E-state index < -0.39 is 22.6 Å². The van der Waals surface area contributed by atoms with Crippen LogP contribution in [0.3, 0.4) is 0 Å². The summed E-state index contributed by atoms with van der Waals surface area (Å²) in [6.45, 7) is 3.03. The summed E-state index contributed by atoms with van der Waals surface area (Å²) < 4.78 is 46.7. The summed E-state index contributed by atoms with van der Waals surface area (Å²) in [5, 5.41) is 14.9. The number of aromatic nitrogens is 1. The molecule has 4 aromatic rings. The summed E-state index contributed by atoms with van der Waals surface area (Å²) in [4.78, 5) is 24.0. The first kappa shape index (κ1) is 27.8. The van der Waals surface area contributed by atoms with E-state index in [0.717, 1.165) is 23.3 Å². The molecule has 0 fully saturated rings. The maximum atomic E-state index is 13.2. The number of nitro groups is 1. The Labute approximate surface area is 223 Å². The van der Waals surface area contributed by atoms with E-state index >= 15 is 0 Å². The number of nitrogens with one attached hydrogen (secondary N) is 1. The van der Waals surface area contributed by atoms with Gasteiger partial charge >= 0.3 is 6.18 Å². The van der Waals surface area contributed by atoms with E-state index in [1.54, 1.807) is 6.07 Å². The lowest BCUT2D eigenvalue weighted by Gasteiger charge is -2.18. The molecule has 0 spiro atoms. The molecule has 7 nitrogen and oxygen atoms in total. The molecule has 0 unspecified atom stereocenters. The van der Waals surface area contributed by atoms with Gasteiger partial charge < -0.3 is 14.6 Å². The minimum absolute atomic E-state index is 0.0680. The fourth-order valence-corrected chi connectivity index (χ4v) is 4.59. The molecule has 0 saturated carbocycles. The van der Waals surface area contributed by atoms with Crippen molar-refractivity contribution in [3.63, 3.8) is 0 Å². The third-order valence-electron chi connectivity index (χ3n) is 6.61. The molecule has 1 heterocycles. The fourth-order valence-electron chi connectivity index (χ4n) is 4.59. The normalized spacial score (nSPS) is 12.4. The molecule has 1 N–H and O–H groups in total. The summed E-state index contributed by atoms with van der Waals surface area (Å²) in [6, 6.07) is 17.2. The van der Waals surface area contributed by atoms with Crippen molar-refractivity contribution in [3.05, 3.63) is 111 Å². The topological polar surface area (TPSA) is 86.4 Å². The Bertz CT molecular complexity index is 1460. The quantitative estimate of drug-likeness (QED) is 0.148. The van der Waals surface area contributed by atoms with Crippen molar-refractivity contribution in [2.75, 3.05) is 20.3 Å². The molecular weight excluding hydrogens is 511 g/mol. The molecule has 1 atom stereocenters. The van der Waals surface area contributed by atoms with Crippen molar-refractivity contribution >= 4 is 22.5 Å². The van der Waals surface area contributed by atoms with Crippen LogP contribution in [0.25, 0.3) is 10.9 Å². The molecule has 3 aromatic carbocycles. The van der Waals surface area contributed by atoms with Crippen LogP contribution in [0.1, 0.15) is 40.2 Å². The second-order valence-electron chi connectivity index (χ2n) is 9.38. The number of nitro benzene ring substituents is 1. The molecule has 0 aliphatic rings. The fraction of sp³-hybridized carbons (Fsp3) is 0.276. The van der Waals surface area contributed by atoms with Crippen LogP contribution in [0.4, 0.5) is 18.9 Å². The number of halogens is 3. The highest BCUT2D eigenvalue weighted by Gasteiger charge is 2.31. The Morgan fingerprint density at radius 2 is 1.77 bits per heavy atom. The second-order valence-corrected chi connectivity index (χ2v) is 9.38.